The first-order chi connectivity index (χ1) is 14.9. The minimum Gasteiger partial charge on any atom is -0.493 e. The Morgan fingerprint density at radius 1 is 1.29 bits per heavy atom. The van der Waals surface area contributed by atoms with Crippen molar-refractivity contribution < 1.29 is 23.9 Å². The molecule has 0 unspecified atom stereocenters. The number of anilines is 1. The van der Waals surface area contributed by atoms with Crippen LogP contribution in [-0.2, 0) is 9.59 Å². The van der Waals surface area contributed by atoms with Crippen molar-refractivity contribution in [1.29, 1.82) is 0 Å². The molecule has 3 amide bonds. The van der Waals surface area contributed by atoms with E-state index in [1.807, 2.05) is 18.2 Å². The van der Waals surface area contributed by atoms with Gasteiger partial charge in [-0.3, -0.25) is 19.3 Å². The van der Waals surface area contributed by atoms with Crippen LogP contribution in [0.25, 0.3) is 6.08 Å². The number of imide groups is 1. The Kier molecular flexibility index (Phi) is 7.59. The van der Waals surface area contributed by atoms with Crippen LogP contribution < -0.4 is 14.8 Å². The van der Waals surface area contributed by atoms with Crippen molar-refractivity contribution in [2.24, 2.45) is 0 Å². The van der Waals surface area contributed by atoms with Gasteiger partial charge in [-0.2, -0.15) is 0 Å². The van der Waals surface area contributed by atoms with Crippen LogP contribution in [-0.4, -0.2) is 42.2 Å². The van der Waals surface area contributed by atoms with Crippen LogP contribution in [0, 0.1) is 15.9 Å². The van der Waals surface area contributed by atoms with Gasteiger partial charge in [-0.05, 0) is 70.3 Å². The molecule has 1 aliphatic rings. The third kappa shape index (κ3) is 5.59. The third-order valence-electron chi connectivity index (χ3n) is 4.08. The van der Waals surface area contributed by atoms with Crippen LogP contribution in [0.4, 0.5) is 10.5 Å². The summed E-state index contributed by atoms with van der Waals surface area (Å²) in [7, 11) is 1.48. The standard InChI is InChI=1S/C22H17IN2O5S/c1-3-9-25-21(27)18(31-22(25)28)12-14-10-16(23)20(17(11-14)29-2)30-13-19(26)24-15-7-5-4-6-8-15/h1,4-8,10-12H,9,13H2,2H3,(H,24,26)/b18-12+. The lowest BCUT2D eigenvalue weighted by Gasteiger charge is -2.14. The van der Waals surface area contributed by atoms with E-state index in [0.29, 0.717) is 26.3 Å². The zero-order valence-electron chi connectivity index (χ0n) is 16.4. The molecule has 1 aliphatic heterocycles. The normalized spacial score (nSPS) is 14.5. The number of methoxy groups -OCH3 is 1. The van der Waals surface area contributed by atoms with Gasteiger partial charge >= 0.3 is 0 Å². The van der Waals surface area contributed by atoms with Gasteiger partial charge in [0.25, 0.3) is 17.1 Å². The summed E-state index contributed by atoms with van der Waals surface area (Å²) in [6.45, 7) is -0.272. The Morgan fingerprint density at radius 2 is 2.03 bits per heavy atom. The van der Waals surface area contributed by atoms with E-state index in [9.17, 15) is 14.4 Å². The first-order valence-electron chi connectivity index (χ1n) is 8.97. The molecule has 1 fully saturated rings. The topological polar surface area (TPSA) is 84.9 Å². The molecule has 9 heteroatoms. The smallest absolute Gasteiger partial charge is 0.294 e. The fourth-order valence-electron chi connectivity index (χ4n) is 2.70. The van der Waals surface area contributed by atoms with E-state index in [1.165, 1.54) is 7.11 Å². The van der Waals surface area contributed by atoms with E-state index in [0.717, 1.165) is 16.7 Å². The summed E-state index contributed by atoms with van der Waals surface area (Å²) in [5.74, 6) is 2.36. The molecule has 0 atom stereocenters. The second kappa shape index (κ2) is 10.4. The molecule has 0 spiro atoms. The zero-order valence-corrected chi connectivity index (χ0v) is 19.4. The number of benzene rings is 2. The lowest BCUT2D eigenvalue weighted by molar-refractivity contribution is -0.122. The van der Waals surface area contributed by atoms with Crippen molar-refractivity contribution in [3.8, 4) is 23.8 Å². The predicted molar refractivity (Wildman–Crippen MR) is 128 cm³/mol. The maximum Gasteiger partial charge on any atom is 0.294 e. The number of para-hydroxylation sites is 1. The molecular formula is C22H17IN2O5S. The van der Waals surface area contributed by atoms with Crippen molar-refractivity contribution in [2.45, 2.75) is 0 Å². The predicted octanol–water partition coefficient (Wildman–Crippen LogP) is 3.99. The molecular weight excluding hydrogens is 531 g/mol. The Bertz CT molecular complexity index is 1100. The average Bonchev–Trinajstić information content (AvgIpc) is 3.01. The number of carbonyl (C=O) groups is 3. The van der Waals surface area contributed by atoms with E-state index in [1.54, 1.807) is 30.3 Å². The largest absolute Gasteiger partial charge is 0.493 e. The number of ether oxygens (including phenoxy) is 2. The van der Waals surface area contributed by atoms with Gasteiger partial charge in [0.15, 0.2) is 18.1 Å². The molecule has 0 radical (unpaired) electrons. The number of nitrogens with zero attached hydrogens (tertiary/aromatic N) is 1. The molecule has 31 heavy (non-hydrogen) atoms. The maximum absolute atomic E-state index is 12.4. The van der Waals surface area contributed by atoms with Crippen molar-refractivity contribution in [2.75, 3.05) is 25.6 Å². The van der Waals surface area contributed by atoms with Gasteiger partial charge in [-0.1, -0.05) is 24.1 Å². The van der Waals surface area contributed by atoms with E-state index in [-0.39, 0.29) is 24.0 Å². The molecule has 2 aromatic carbocycles. The summed E-state index contributed by atoms with van der Waals surface area (Å²) in [5.41, 5.74) is 1.32. The second-order valence-corrected chi connectivity index (χ2v) is 8.36. The van der Waals surface area contributed by atoms with E-state index in [2.05, 4.69) is 33.8 Å². The van der Waals surface area contributed by atoms with E-state index >= 15 is 0 Å². The van der Waals surface area contributed by atoms with Crippen LogP contribution in [0.3, 0.4) is 0 Å². The number of halogens is 1. The van der Waals surface area contributed by atoms with E-state index < -0.39 is 11.1 Å². The number of hydrogen-bond donors (Lipinski definition) is 1. The van der Waals surface area contributed by atoms with Gasteiger partial charge in [0.2, 0.25) is 0 Å². The Hall–Kier alpha value is -2.97. The number of nitrogens with one attached hydrogen (secondary N) is 1. The van der Waals surface area contributed by atoms with Crippen molar-refractivity contribution in [3.05, 3.63) is 56.5 Å². The van der Waals surface area contributed by atoms with Crippen molar-refractivity contribution in [3.63, 3.8) is 0 Å². The summed E-state index contributed by atoms with van der Waals surface area (Å²) in [4.78, 5) is 37.8. The molecule has 1 saturated heterocycles. The molecule has 2 aromatic rings. The summed E-state index contributed by atoms with van der Waals surface area (Å²) in [6, 6.07) is 12.5. The molecule has 158 valence electrons. The highest BCUT2D eigenvalue weighted by atomic mass is 127. The number of amides is 3. The molecule has 3 rings (SSSR count). The fourth-order valence-corrected chi connectivity index (χ4v) is 4.32. The summed E-state index contributed by atoms with van der Waals surface area (Å²) >= 11 is 2.89. The highest BCUT2D eigenvalue weighted by molar-refractivity contribution is 14.1. The molecule has 0 saturated carbocycles. The minimum atomic E-state index is -0.431. The monoisotopic (exact) mass is 548 g/mol. The van der Waals surface area contributed by atoms with Gasteiger partial charge in [-0.25, -0.2) is 0 Å². The maximum atomic E-state index is 12.4. The summed E-state index contributed by atoms with van der Waals surface area (Å²) in [6.07, 6.45) is 6.81. The highest BCUT2D eigenvalue weighted by Gasteiger charge is 2.34. The van der Waals surface area contributed by atoms with Gasteiger partial charge in [0.05, 0.1) is 22.1 Å². The quantitative estimate of drug-likeness (QED) is 0.320. The lowest BCUT2D eigenvalue weighted by Crippen LogP contribution is -2.28. The summed E-state index contributed by atoms with van der Waals surface area (Å²) < 4.78 is 11.8. The lowest BCUT2D eigenvalue weighted by atomic mass is 10.2. The second-order valence-electron chi connectivity index (χ2n) is 6.21. The molecule has 7 nitrogen and oxygen atoms in total. The number of terminal acetylenes is 1. The fraction of sp³-hybridized carbons (Fsp3) is 0.136. The van der Waals surface area contributed by atoms with Gasteiger partial charge in [-0.15, -0.1) is 6.42 Å². The summed E-state index contributed by atoms with van der Waals surface area (Å²) in [5, 5.41) is 2.34. The van der Waals surface area contributed by atoms with Crippen LogP contribution in [0.1, 0.15) is 5.56 Å². The molecule has 1 heterocycles. The number of thioether (sulfide) groups is 1. The Morgan fingerprint density at radius 3 is 2.71 bits per heavy atom. The SMILES string of the molecule is C#CCN1C(=O)S/C(=C/c2cc(I)c(OCC(=O)Nc3ccccc3)c(OC)c2)C1=O. The van der Waals surface area contributed by atoms with Gasteiger partial charge < -0.3 is 14.8 Å². The van der Waals surface area contributed by atoms with Gasteiger partial charge in [0, 0.05) is 5.69 Å². The van der Waals surface area contributed by atoms with Gasteiger partial charge in [0.1, 0.15) is 0 Å². The van der Waals surface area contributed by atoms with Crippen LogP contribution in [0.2, 0.25) is 0 Å². The average molecular weight is 548 g/mol. The molecule has 0 aliphatic carbocycles. The molecule has 0 aromatic heterocycles. The van der Waals surface area contributed by atoms with Crippen molar-refractivity contribution in [1.82, 2.24) is 4.90 Å². The first kappa shape index (κ1) is 22.7. The Balaban J connectivity index is 1.75. The first-order valence-corrected chi connectivity index (χ1v) is 10.9. The van der Waals surface area contributed by atoms with Crippen molar-refractivity contribution >= 4 is 63.2 Å². The highest BCUT2D eigenvalue weighted by Crippen LogP contribution is 2.37. The molecule has 0 bridgehead atoms. The van der Waals surface area contributed by atoms with Crippen LogP contribution in [0.15, 0.2) is 47.4 Å². The number of rotatable bonds is 7. The van der Waals surface area contributed by atoms with Crippen LogP contribution >= 0.6 is 34.4 Å². The third-order valence-corrected chi connectivity index (χ3v) is 5.79. The number of carbonyl (C=O) groups excluding carboxylic acids is 3. The zero-order chi connectivity index (χ0) is 22.4. The Labute approximate surface area is 197 Å². The van der Waals surface area contributed by atoms with E-state index in [4.69, 9.17) is 15.9 Å². The molecule has 1 N–H and O–H groups in total. The minimum absolute atomic E-state index is 0.0688. The van der Waals surface area contributed by atoms with Crippen LogP contribution in [0.5, 0.6) is 11.5 Å². The number of hydrogen-bond acceptors (Lipinski definition) is 6.